The molecule has 0 saturated carbocycles. The van der Waals surface area contributed by atoms with Gasteiger partial charge in [0, 0.05) is 13.1 Å². The molecule has 0 aromatic carbocycles. The van der Waals surface area contributed by atoms with Gasteiger partial charge in [0.25, 0.3) is 0 Å². The molecule has 1 rings (SSSR count). The SMILES string of the molecule is CNN1N=C(Cl)C=C(Cl)N1. The summed E-state index contributed by atoms with van der Waals surface area (Å²) in [5, 5.41) is 5.85. The van der Waals surface area contributed by atoms with Gasteiger partial charge in [0.1, 0.15) is 5.16 Å². The van der Waals surface area contributed by atoms with Crippen molar-refractivity contribution in [1.82, 2.24) is 16.1 Å². The predicted octanol–water partition coefficient (Wildman–Crippen LogP) is 0.574. The van der Waals surface area contributed by atoms with Gasteiger partial charge >= 0.3 is 0 Å². The van der Waals surface area contributed by atoms with Gasteiger partial charge in [0.05, 0.1) is 0 Å². The topological polar surface area (TPSA) is 39.7 Å². The fourth-order valence-electron chi connectivity index (χ4n) is 0.493. The Labute approximate surface area is 68.4 Å². The van der Waals surface area contributed by atoms with E-state index in [9.17, 15) is 0 Å². The molecule has 1 aliphatic rings. The van der Waals surface area contributed by atoms with Crippen molar-refractivity contribution in [3.05, 3.63) is 11.2 Å². The van der Waals surface area contributed by atoms with E-state index in [1.165, 1.54) is 11.3 Å². The highest BCUT2D eigenvalue weighted by molar-refractivity contribution is 6.69. The van der Waals surface area contributed by atoms with Crippen molar-refractivity contribution in [1.29, 1.82) is 0 Å². The Morgan fingerprint density at radius 3 is 2.90 bits per heavy atom. The molecule has 0 aliphatic carbocycles. The van der Waals surface area contributed by atoms with Crippen LogP contribution in [0.3, 0.4) is 0 Å². The van der Waals surface area contributed by atoms with Crippen LogP contribution in [0.1, 0.15) is 0 Å². The largest absolute Gasteiger partial charge is 0.256 e. The molecule has 0 aromatic heterocycles. The quantitative estimate of drug-likeness (QED) is 0.581. The van der Waals surface area contributed by atoms with E-state index in [4.69, 9.17) is 23.2 Å². The summed E-state index contributed by atoms with van der Waals surface area (Å²) in [6.07, 6.45) is 1.51. The molecule has 4 nitrogen and oxygen atoms in total. The van der Waals surface area contributed by atoms with E-state index in [2.05, 4.69) is 16.0 Å². The monoisotopic (exact) mass is 180 g/mol. The molecule has 0 spiro atoms. The number of rotatable bonds is 1. The summed E-state index contributed by atoms with van der Waals surface area (Å²) >= 11 is 11.1. The molecule has 0 fully saturated rings. The second-order valence-electron chi connectivity index (χ2n) is 1.56. The van der Waals surface area contributed by atoms with Gasteiger partial charge in [0.2, 0.25) is 0 Å². The number of hydrogen-bond acceptors (Lipinski definition) is 4. The van der Waals surface area contributed by atoms with Crippen molar-refractivity contribution in [3.8, 4) is 0 Å². The molecule has 0 saturated heterocycles. The van der Waals surface area contributed by atoms with Gasteiger partial charge in [-0.15, -0.1) is 10.3 Å². The van der Waals surface area contributed by atoms with Crippen LogP contribution in [0.15, 0.2) is 16.3 Å². The number of hydrazone groups is 1. The van der Waals surface area contributed by atoms with Gasteiger partial charge in [0.15, 0.2) is 5.17 Å². The number of halogens is 2. The second-order valence-corrected chi connectivity index (χ2v) is 2.36. The number of allylic oxidation sites excluding steroid dienone is 1. The van der Waals surface area contributed by atoms with Crippen LogP contribution in [0.2, 0.25) is 0 Å². The minimum atomic E-state index is 0.332. The zero-order valence-corrected chi connectivity index (χ0v) is 6.74. The van der Waals surface area contributed by atoms with Crippen molar-refractivity contribution in [2.45, 2.75) is 0 Å². The maximum Gasteiger partial charge on any atom is 0.155 e. The van der Waals surface area contributed by atoms with Crippen molar-refractivity contribution < 1.29 is 0 Å². The summed E-state index contributed by atoms with van der Waals surface area (Å²) < 4.78 is 0. The highest BCUT2D eigenvalue weighted by Crippen LogP contribution is 2.05. The molecule has 1 heterocycles. The molecule has 0 bridgehead atoms. The minimum Gasteiger partial charge on any atom is -0.256 e. The van der Waals surface area contributed by atoms with Crippen LogP contribution in [-0.2, 0) is 0 Å². The standard InChI is InChI=1S/C4H6Cl2N4/c1-7-10-8-3(5)2-4(6)9-10/h2,7-8H,1H3. The summed E-state index contributed by atoms with van der Waals surface area (Å²) in [4.78, 5) is 0. The first-order valence-corrected chi connectivity index (χ1v) is 3.33. The van der Waals surface area contributed by atoms with E-state index in [-0.39, 0.29) is 0 Å². The highest BCUT2D eigenvalue weighted by atomic mass is 35.5. The number of hydrazine groups is 2. The van der Waals surface area contributed by atoms with Gasteiger partial charge in [-0.25, -0.2) is 5.43 Å². The first-order valence-electron chi connectivity index (χ1n) is 2.58. The summed E-state index contributed by atoms with van der Waals surface area (Å²) in [6, 6.07) is 0. The summed E-state index contributed by atoms with van der Waals surface area (Å²) in [5.41, 5.74) is 5.36. The molecule has 6 heteroatoms. The lowest BCUT2D eigenvalue weighted by molar-refractivity contribution is 0.161. The maximum absolute atomic E-state index is 5.59. The van der Waals surface area contributed by atoms with Crippen molar-refractivity contribution in [3.63, 3.8) is 0 Å². The summed E-state index contributed by atoms with van der Waals surface area (Å²) in [7, 11) is 1.69. The maximum atomic E-state index is 5.59. The van der Waals surface area contributed by atoms with Crippen molar-refractivity contribution in [2.24, 2.45) is 5.10 Å². The third-order valence-electron chi connectivity index (χ3n) is 0.866. The van der Waals surface area contributed by atoms with Crippen LogP contribution in [0.4, 0.5) is 0 Å². The second kappa shape index (κ2) is 3.09. The van der Waals surface area contributed by atoms with Crippen LogP contribution < -0.4 is 10.9 Å². The Morgan fingerprint density at radius 1 is 1.70 bits per heavy atom. The lowest BCUT2D eigenvalue weighted by atomic mass is 10.6. The summed E-state index contributed by atoms with van der Waals surface area (Å²) in [5.74, 6) is 0. The van der Waals surface area contributed by atoms with E-state index < -0.39 is 0 Å². The zero-order chi connectivity index (χ0) is 7.56. The molecule has 56 valence electrons. The molecule has 0 amide bonds. The van der Waals surface area contributed by atoms with Crippen LogP contribution >= 0.6 is 23.2 Å². The Morgan fingerprint density at radius 2 is 2.40 bits per heavy atom. The molecule has 0 unspecified atom stereocenters. The average molecular weight is 181 g/mol. The Hall–Kier alpha value is -0.450. The van der Waals surface area contributed by atoms with Crippen LogP contribution in [0, 0.1) is 0 Å². The highest BCUT2D eigenvalue weighted by Gasteiger charge is 2.06. The first-order chi connectivity index (χ1) is 4.72. The smallest absolute Gasteiger partial charge is 0.155 e. The van der Waals surface area contributed by atoms with Gasteiger partial charge in [-0.3, -0.25) is 5.43 Å². The van der Waals surface area contributed by atoms with E-state index in [0.29, 0.717) is 10.3 Å². The fraction of sp³-hybridized carbons (Fsp3) is 0.250. The average Bonchev–Trinajstić information content (AvgIpc) is 1.85. The van der Waals surface area contributed by atoms with Gasteiger partial charge in [-0.05, 0) is 0 Å². The molecule has 2 N–H and O–H groups in total. The van der Waals surface area contributed by atoms with Gasteiger partial charge in [-0.2, -0.15) is 0 Å². The molecule has 1 aliphatic heterocycles. The molecule has 0 atom stereocenters. The zero-order valence-electron chi connectivity index (χ0n) is 5.23. The third-order valence-corrected chi connectivity index (χ3v) is 1.24. The molecule has 0 radical (unpaired) electrons. The van der Waals surface area contributed by atoms with Crippen LogP contribution in [-0.4, -0.2) is 17.4 Å². The normalized spacial score (nSPS) is 17.7. The first kappa shape index (κ1) is 7.65. The third kappa shape index (κ3) is 1.76. The predicted molar refractivity (Wildman–Crippen MR) is 41.3 cm³/mol. The lowest BCUT2D eigenvalue weighted by Crippen LogP contribution is -2.42. The van der Waals surface area contributed by atoms with Gasteiger partial charge in [-0.1, -0.05) is 23.2 Å². The number of nitrogens with zero attached hydrogens (tertiary/aromatic N) is 2. The number of nitrogens with one attached hydrogen (secondary N) is 2. The van der Waals surface area contributed by atoms with Gasteiger partial charge < -0.3 is 0 Å². The van der Waals surface area contributed by atoms with E-state index in [1.54, 1.807) is 7.05 Å². The fourth-order valence-corrected chi connectivity index (χ4v) is 0.917. The Bertz CT molecular complexity index is 188. The molecule has 10 heavy (non-hydrogen) atoms. The van der Waals surface area contributed by atoms with E-state index in [0.717, 1.165) is 0 Å². The van der Waals surface area contributed by atoms with Crippen LogP contribution in [0.25, 0.3) is 0 Å². The molecule has 0 aromatic rings. The van der Waals surface area contributed by atoms with Crippen LogP contribution in [0.5, 0.6) is 0 Å². The number of hydrogen-bond donors (Lipinski definition) is 2. The minimum absolute atomic E-state index is 0.332. The van der Waals surface area contributed by atoms with E-state index in [1.807, 2.05) is 0 Å². The Kier molecular flexibility index (Phi) is 2.37. The molecular weight excluding hydrogens is 175 g/mol. The van der Waals surface area contributed by atoms with Crippen molar-refractivity contribution >= 4 is 28.4 Å². The van der Waals surface area contributed by atoms with E-state index >= 15 is 0 Å². The molecular formula is C4H6Cl2N4. The Balaban J connectivity index is 2.67. The summed E-state index contributed by atoms with van der Waals surface area (Å²) in [6.45, 7) is 0. The lowest BCUT2D eigenvalue weighted by Gasteiger charge is -2.21. The van der Waals surface area contributed by atoms with Crippen molar-refractivity contribution in [2.75, 3.05) is 7.05 Å².